The second-order valence-corrected chi connectivity index (χ2v) is 8.99. The van der Waals surface area contributed by atoms with Crippen molar-refractivity contribution in [2.75, 3.05) is 44.0 Å². The molecule has 27 heavy (non-hydrogen) atoms. The number of carbonyl (C=O) groups excluding carboxylic acids is 1. The Morgan fingerprint density at radius 1 is 1.41 bits per heavy atom. The molecular formula is C18H24N4O4S. The molecule has 0 aliphatic carbocycles. The van der Waals surface area contributed by atoms with Gasteiger partial charge < -0.3 is 20.2 Å². The highest BCUT2D eigenvalue weighted by molar-refractivity contribution is 7.91. The lowest BCUT2D eigenvalue weighted by atomic mass is 10.2. The lowest BCUT2D eigenvalue weighted by Crippen LogP contribution is -2.37. The lowest BCUT2D eigenvalue weighted by Gasteiger charge is -2.28. The molecule has 0 aromatic heterocycles. The van der Waals surface area contributed by atoms with E-state index in [4.69, 9.17) is 0 Å². The third kappa shape index (κ3) is 6.27. The summed E-state index contributed by atoms with van der Waals surface area (Å²) < 4.78 is 23.6. The molecule has 1 unspecified atom stereocenters. The highest BCUT2D eigenvalue weighted by Crippen LogP contribution is 2.20. The van der Waals surface area contributed by atoms with Gasteiger partial charge in [0.1, 0.15) is 17.4 Å². The van der Waals surface area contributed by atoms with Crippen LogP contribution < -0.4 is 5.32 Å². The minimum Gasteiger partial charge on any atom is -0.508 e. The normalized spacial score (nSPS) is 18.9. The minimum absolute atomic E-state index is 0.000871. The van der Waals surface area contributed by atoms with Crippen molar-refractivity contribution in [2.24, 2.45) is 0 Å². The van der Waals surface area contributed by atoms with Crippen molar-refractivity contribution in [3.8, 4) is 11.8 Å². The first kappa shape index (κ1) is 20.7. The number of benzene rings is 1. The SMILES string of the molecule is CN(C)CCN(/C=C(/C#N)C(=O)Nc1cccc(O)c1)C1CCS(=O)(=O)C1. The average molecular weight is 392 g/mol. The van der Waals surface area contributed by atoms with Crippen LogP contribution in [0.25, 0.3) is 0 Å². The van der Waals surface area contributed by atoms with Gasteiger partial charge in [-0.25, -0.2) is 8.42 Å². The van der Waals surface area contributed by atoms with Gasteiger partial charge in [-0.1, -0.05) is 6.07 Å². The van der Waals surface area contributed by atoms with E-state index in [1.807, 2.05) is 25.1 Å². The van der Waals surface area contributed by atoms with Gasteiger partial charge in [0.25, 0.3) is 5.91 Å². The zero-order valence-corrected chi connectivity index (χ0v) is 16.2. The Balaban J connectivity index is 2.20. The van der Waals surface area contributed by atoms with Crippen molar-refractivity contribution < 1.29 is 18.3 Å². The summed E-state index contributed by atoms with van der Waals surface area (Å²) in [6.07, 6.45) is 1.91. The molecule has 1 aliphatic heterocycles. The fourth-order valence-corrected chi connectivity index (χ4v) is 4.53. The zero-order valence-electron chi connectivity index (χ0n) is 15.4. The summed E-state index contributed by atoms with van der Waals surface area (Å²) in [7, 11) is 0.701. The fourth-order valence-electron chi connectivity index (χ4n) is 2.79. The number of phenols is 1. The first-order valence-corrected chi connectivity index (χ1v) is 10.4. The van der Waals surface area contributed by atoms with Gasteiger partial charge >= 0.3 is 0 Å². The molecule has 1 fully saturated rings. The van der Waals surface area contributed by atoms with E-state index in [0.717, 1.165) is 0 Å². The first-order valence-electron chi connectivity index (χ1n) is 8.53. The monoisotopic (exact) mass is 392 g/mol. The number of nitrogens with one attached hydrogen (secondary N) is 1. The summed E-state index contributed by atoms with van der Waals surface area (Å²) in [5.41, 5.74) is 0.242. The van der Waals surface area contributed by atoms with Gasteiger partial charge in [-0.3, -0.25) is 4.79 Å². The van der Waals surface area contributed by atoms with Gasteiger partial charge in [-0.2, -0.15) is 5.26 Å². The Labute approximate surface area is 159 Å². The number of anilines is 1. The number of hydrogen-bond acceptors (Lipinski definition) is 7. The summed E-state index contributed by atoms with van der Waals surface area (Å²) in [5, 5.41) is 21.5. The predicted molar refractivity (Wildman–Crippen MR) is 103 cm³/mol. The van der Waals surface area contributed by atoms with Gasteiger partial charge in [0.2, 0.25) is 0 Å². The number of nitrogens with zero attached hydrogens (tertiary/aromatic N) is 3. The molecule has 1 aromatic carbocycles. The molecule has 0 radical (unpaired) electrons. The molecule has 0 spiro atoms. The Morgan fingerprint density at radius 3 is 2.70 bits per heavy atom. The number of aromatic hydroxyl groups is 1. The molecule has 8 nitrogen and oxygen atoms in total. The number of carbonyl (C=O) groups is 1. The summed E-state index contributed by atoms with van der Waals surface area (Å²) in [6, 6.07) is 7.65. The Hall–Kier alpha value is -2.57. The van der Waals surface area contributed by atoms with Gasteiger partial charge in [-0.15, -0.1) is 0 Å². The standard InChI is InChI=1S/C18H24N4O4S/c1-21(2)7-8-22(16-6-9-27(25,26)13-16)12-14(11-19)18(24)20-15-4-3-5-17(23)10-15/h3-5,10,12,16,23H,6-9,13H2,1-2H3,(H,20,24)/b14-12-. The van der Waals surface area contributed by atoms with Gasteiger partial charge in [0.05, 0.1) is 11.5 Å². The highest BCUT2D eigenvalue weighted by Gasteiger charge is 2.31. The van der Waals surface area contributed by atoms with E-state index in [9.17, 15) is 23.6 Å². The van der Waals surface area contributed by atoms with Crippen molar-refractivity contribution in [3.63, 3.8) is 0 Å². The van der Waals surface area contributed by atoms with E-state index in [1.54, 1.807) is 17.0 Å². The van der Waals surface area contributed by atoms with Crippen LogP contribution in [0.1, 0.15) is 6.42 Å². The molecule has 2 N–H and O–H groups in total. The number of phenolic OH excluding ortho intramolecular Hbond substituents is 1. The Morgan fingerprint density at radius 2 is 2.15 bits per heavy atom. The fraction of sp³-hybridized carbons (Fsp3) is 0.444. The number of amides is 1. The summed E-state index contributed by atoms with van der Waals surface area (Å²) in [5.74, 6) is -0.483. The van der Waals surface area contributed by atoms with Gasteiger partial charge in [0, 0.05) is 37.1 Å². The van der Waals surface area contributed by atoms with Crippen LogP contribution in [0.3, 0.4) is 0 Å². The molecule has 1 saturated heterocycles. The maximum atomic E-state index is 12.4. The van der Waals surface area contributed by atoms with Gasteiger partial charge in [-0.05, 0) is 32.6 Å². The third-order valence-electron chi connectivity index (χ3n) is 4.25. The molecule has 9 heteroatoms. The number of likely N-dealkylation sites (N-methyl/N-ethyl adjacent to an activating group) is 1. The van der Waals surface area contributed by atoms with Crippen LogP contribution >= 0.6 is 0 Å². The van der Waals surface area contributed by atoms with Crippen molar-refractivity contribution >= 4 is 21.4 Å². The maximum Gasteiger partial charge on any atom is 0.267 e. The summed E-state index contributed by atoms with van der Waals surface area (Å²) in [6.45, 7) is 1.15. The molecule has 2 rings (SSSR count). The Kier molecular flexibility index (Phi) is 6.82. The first-order chi connectivity index (χ1) is 12.7. The van der Waals surface area contributed by atoms with Crippen molar-refractivity contribution in [3.05, 3.63) is 36.0 Å². The molecule has 1 aromatic rings. The minimum atomic E-state index is -3.09. The molecule has 1 aliphatic rings. The maximum absolute atomic E-state index is 12.4. The van der Waals surface area contributed by atoms with E-state index in [2.05, 4.69) is 5.32 Å². The quantitative estimate of drug-likeness (QED) is 0.521. The molecular weight excluding hydrogens is 368 g/mol. The number of nitriles is 1. The zero-order chi connectivity index (χ0) is 20.0. The smallest absolute Gasteiger partial charge is 0.267 e. The summed E-state index contributed by atoms with van der Waals surface area (Å²) in [4.78, 5) is 16.1. The van der Waals surface area contributed by atoms with Crippen LogP contribution in [0, 0.1) is 11.3 Å². The Bertz CT molecular complexity index is 858. The average Bonchev–Trinajstić information content (AvgIpc) is 2.94. The number of sulfone groups is 1. The predicted octanol–water partition coefficient (Wildman–Crippen LogP) is 0.789. The molecule has 0 saturated carbocycles. The molecule has 1 amide bonds. The van der Waals surface area contributed by atoms with E-state index in [-0.39, 0.29) is 28.9 Å². The van der Waals surface area contributed by atoms with E-state index >= 15 is 0 Å². The van der Waals surface area contributed by atoms with Crippen LogP contribution in [-0.4, -0.2) is 74.0 Å². The third-order valence-corrected chi connectivity index (χ3v) is 6.00. The molecule has 146 valence electrons. The van der Waals surface area contributed by atoms with E-state index in [1.165, 1.54) is 18.3 Å². The highest BCUT2D eigenvalue weighted by atomic mass is 32.2. The van der Waals surface area contributed by atoms with Crippen LogP contribution in [-0.2, 0) is 14.6 Å². The van der Waals surface area contributed by atoms with E-state index in [0.29, 0.717) is 25.2 Å². The second-order valence-electron chi connectivity index (χ2n) is 6.76. The topological polar surface area (TPSA) is 114 Å². The van der Waals surface area contributed by atoms with Crippen LogP contribution in [0.15, 0.2) is 36.0 Å². The van der Waals surface area contributed by atoms with Crippen molar-refractivity contribution in [2.45, 2.75) is 12.5 Å². The number of hydrogen-bond donors (Lipinski definition) is 2. The van der Waals surface area contributed by atoms with E-state index < -0.39 is 15.7 Å². The van der Waals surface area contributed by atoms with Gasteiger partial charge in [0.15, 0.2) is 9.84 Å². The molecule has 1 heterocycles. The largest absolute Gasteiger partial charge is 0.508 e. The lowest BCUT2D eigenvalue weighted by molar-refractivity contribution is -0.112. The van der Waals surface area contributed by atoms with Crippen LogP contribution in [0.2, 0.25) is 0 Å². The van der Waals surface area contributed by atoms with Crippen molar-refractivity contribution in [1.29, 1.82) is 5.26 Å². The van der Waals surface area contributed by atoms with Crippen LogP contribution in [0.5, 0.6) is 5.75 Å². The van der Waals surface area contributed by atoms with Crippen LogP contribution in [0.4, 0.5) is 5.69 Å². The molecule has 0 bridgehead atoms. The molecule has 1 atom stereocenters. The van der Waals surface area contributed by atoms with Crippen molar-refractivity contribution in [1.82, 2.24) is 9.80 Å². The second kappa shape index (κ2) is 8.88. The number of rotatable bonds is 7. The summed E-state index contributed by atoms with van der Waals surface area (Å²) >= 11 is 0.